The number of hydrogen-bond acceptors (Lipinski definition) is 7. The van der Waals surface area contributed by atoms with Crippen molar-refractivity contribution in [2.45, 2.75) is 19.2 Å². The van der Waals surface area contributed by atoms with E-state index in [2.05, 4.69) is 10.3 Å². The summed E-state index contributed by atoms with van der Waals surface area (Å²) in [4.78, 5) is 29.6. The third kappa shape index (κ3) is 4.10. The molecule has 0 fully saturated rings. The standard InChI is InChI=1S/C21H23N5O5/c1-24-18-17(19(28)25(2)21(24)29)26(20(23-18)22-11-16-9-6-10-30-16)12-14(27)13-31-15-7-4-3-5-8-15/h3-10,14,27H,11-13H2,1-2H3,(H,22,23)/t14-/m1/s1. The van der Waals surface area contributed by atoms with E-state index in [1.165, 1.54) is 11.6 Å². The van der Waals surface area contributed by atoms with Crippen molar-refractivity contribution in [1.82, 2.24) is 18.7 Å². The number of aryl methyl sites for hydroxylation is 1. The molecule has 31 heavy (non-hydrogen) atoms. The van der Waals surface area contributed by atoms with Crippen molar-refractivity contribution in [3.05, 3.63) is 75.3 Å². The van der Waals surface area contributed by atoms with E-state index in [0.29, 0.717) is 24.0 Å². The van der Waals surface area contributed by atoms with Gasteiger partial charge in [-0.1, -0.05) is 18.2 Å². The van der Waals surface area contributed by atoms with Crippen molar-refractivity contribution < 1.29 is 14.3 Å². The monoisotopic (exact) mass is 425 g/mol. The van der Waals surface area contributed by atoms with Crippen LogP contribution in [0.5, 0.6) is 5.75 Å². The highest BCUT2D eigenvalue weighted by Gasteiger charge is 2.21. The van der Waals surface area contributed by atoms with E-state index in [-0.39, 0.29) is 24.3 Å². The largest absolute Gasteiger partial charge is 0.491 e. The number of furan rings is 1. The zero-order chi connectivity index (χ0) is 22.0. The van der Waals surface area contributed by atoms with Crippen LogP contribution >= 0.6 is 0 Å². The quantitative estimate of drug-likeness (QED) is 0.434. The second kappa shape index (κ2) is 8.52. The van der Waals surface area contributed by atoms with E-state index in [1.54, 1.807) is 42.1 Å². The van der Waals surface area contributed by atoms with Gasteiger partial charge in [0, 0.05) is 14.1 Å². The van der Waals surface area contributed by atoms with Crippen molar-refractivity contribution in [1.29, 1.82) is 0 Å². The SMILES string of the molecule is Cn1c(=O)c2c(nc(NCc3ccco3)n2C[C@@H](O)COc2ccccc2)n(C)c1=O. The van der Waals surface area contributed by atoms with Crippen LogP contribution in [0.15, 0.2) is 62.7 Å². The lowest BCUT2D eigenvalue weighted by Gasteiger charge is -2.16. The molecule has 4 rings (SSSR count). The zero-order valence-corrected chi connectivity index (χ0v) is 17.2. The summed E-state index contributed by atoms with van der Waals surface area (Å²) in [6.07, 6.45) is 0.633. The van der Waals surface area contributed by atoms with Gasteiger partial charge in [0.05, 0.1) is 19.4 Å². The molecule has 2 N–H and O–H groups in total. The Bertz CT molecular complexity index is 1290. The van der Waals surface area contributed by atoms with Gasteiger partial charge in [0.2, 0.25) is 5.95 Å². The van der Waals surface area contributed by atoms with E-state index in [4.69, 9.17) is 9.15 Å². The van der Waals surface area contributed by atoms with E-state index >= 15 is 0 Å². The molecule has 1 atom stereocenters. The molecular weight excluding hydrogens is 402 g/mol. The van der Waals surface area contributed by atoms with Crippen LogP contribution in [0.4, 0.5) is 5.95 Å². The molecular formula is C21H23N5O5. The van der Waals surface area contributed by atoms with Gasteiger partial charge in [-0.25, -0.2) is 4.79 Å². The summed E-state index contributed by atoms with van der Waals surface area (Å²) in [6.45, 7) is 0.381. The van der Waals surface area contributed by atoms with Gasteiger partial charge in [-0.15, -0.1) is 0 Å². The minimum atomic E-state index is -0.927. The van der Waals surface area contributed by atoms with Crippen LogP contribution in [0.25, 0.3) is 11.2 Å². The fraction of sp³-hybridized carbons (Fsp3) is 0.286. The van der Waals surface area contributed by atoms with Crippen LogP contribution in [0, 0.1) is 0 Å². The number of anilines is 1. The Labute approximate surface area is 176 Å². The fourth-order valence-electron chi connectivity index (χ4n) is 3.31. The smallest absolute Gasteiger partial charge is 0.332 e. The summed E-state index contributed by atoms with van der Waals surface area (Å²) in [5, 5.41) is 13.7. The number of hydrogen-bond donors (Lipinski definition) is 2. The summed E-state index contributed by atoms with van der Waals surface area (Å²) >= 11 is 0. The Morgan fingerprint density at radius 2 is 1.90 bits per heavy atom. The molecule has 0 saturated carbocycles. The summed E-state index contributed by atoms with van der Waals surface area (Å²) in [5.74, 6) is 1.64. The van der Waals surface area contributed by atoms with Crippen molar-refractivity contribution in [3.63, 3.8) is 0 Å². The molecule has 4 aromatic rings. The molecule has 0 amide bonds. The van der Waals surface area contributed by atoms with Crippen LogP contribution < -0.4 is 21.3 Å². The molecule has 0 unspecified atom stereocenters. The molecule has 3 aromatic heterocycles. The number of nitrogens with one attached hydrogen (secondary N) is 1. The van der Waals surface area contributed by atoms with E-state index in [1.807, 2.05) is 18.2 Å². The lowest BCUT2D eigenvalue weighted by atomic mass is 10.3. The first kappa shape index (κ1) is 20.5. The summed E-state index contributed by atoms with van der Waals surface area (Å²) < 4.78 is 14.8. The second-order valence-electron chi connectivity index (χ2n) is 7.13. The molecule has 1 aromatic carbocycles. The van der Waals surface area contributed by atoms with Gasteiger partial charge in [0.1, 0.15) is 24.2 Å². The number of aliphatic hydroxyl groups excluding tert-OH is 1. The summed E-state index contributed by atoms with van der Waals surface area (Å²) in [5.41, 5.74) is -0.531. The lowest BCUT2D eigenvalue weighted by Crippen LogP contribution is -2.38. The first-order valence-corrected chi connectivity index (χ1v) is 9.74. The second-order valence-corrected chi connectivity index (χ2v) is 7.13. The predicted molar refractivity (Wildman–Crippen MR) is 114 cm³/mol. The number of benzene rings is 1. The van der Waals surface area contributed by atoms with Gasteiger partial charge in [-0.05, 0) is 24.3 Å². The van der Waals surface area contributed by atoms with Gasteiger partial charge in [0.15, 0.2) is 11.2 Å². The first-order valence-electron chi connectivity index (χ1n) is 9.74. The molecule has 0 spiro atoms. The molecule has 162 valence electrons. The molecule has 0 bridgehead atoms. The molecule has 3 heterocycles. The Balaban J connectivity index is 1.67. The maximum atomic E-state index is 12.9. The molecule has 10 nitrogen and oxygen atoms in total. The van der Waals surface area contributed by atoms with Crippen molar-refractivity contribution >= 4 is 17.1 Å². The number of nitrogens with zero attached hydrogens (tertiary/aromatic N) is 4. The van der Waals surface area contributed by atoms with Crippen molar-refractivity contribution in [2.75, 3.05) is 11.9 Å². The summed E-state index contributed by atoms with van der Waals surface area (Å²) in [6, 6.07) is 12.7. The summed E-state index contributed by atoms with van der Waals surface area (Å²) in [7, 11) is 2.96. The van der Waals surface area contributed by atoms with Crippen LogP contribution in [-0.4, -0.2) is 36.5 Å². The van der Waals surface area contributed by atoms with Gasteiger partial charge in [0.25, 0.3) is 5.56 Å². The normalized spacial score (nSPS) is 12.2. The Morgan fingerprint density at radius 1 is 1.13 bits per heavy atom. The van der Waals surface area contributed by atoms with Crippen LogP contribution in [0.1, 0.15) is 5.76 Å². The van der Waals surface area contributed by atoms with Gasteiger partial charge in [-0.2, -0.15) is 4.98 Å². The number of aliphatic hydroxyl groups is 1. The number of imidazole rings is 1. The van der Waals surface area contributed by atoms with Gasteiger partial charge >= 0.3 is 5.69 Å². The van der Waals surface area contributed by atoms with Gasteiger partial charge < -0.3 is 24.1 Å². The van der Waals surface area contributed by atoms with Crippen LogP contribution in [-0.2, 0) is 27.2 Å². The number of fused-ring (bicyclic) bond motifs is 1. The first-order chi connectivity index (χ1) is 15.0. The van der Waals surface area contributed by atoms with E-state index in [9.17, 15) is 14.7 Å². The molecule has 0 aliphatic heterocycles. The highest BCUT2D eigenvalue weighted by Crippen LogP contribution is 2.18. The molecule has 0 aliphatic carbocycles. The minimum absolute atomic E-state index is 0.0212. The number of aromatic nitrogens is 4. The number of ether oxygens (including phenoxy) is 1. The predicted octanol–water partition coefficient (Wildman–Crippen LogP) is 1.08. The maximum Gasteiger partial charge on any atom is 0.332 e. The van der Waals surface area contributed by atoms with Crippen LogP contribution in [0.2, 0.25) is 0 Å². The van der Waals surface area contributed by atoms with Crippen molar-refractivity contribution in [2.24, 2.45) is 14.1 Å². The fourth-order valence-corrected chi connectivity index (χ4v) is 3.31. The molecule has 0 saturated heterocycles. The van der Waals surface area contributed by atoms with Crippen molar-refractivity contribution in [3.8, 4) is 5.75 Å². The highest BCUT2D eigenvalue weighted by atomic mass is 16.5. The molecule has 10 heteroatoms. The highest BCUT2D eigenvalue weighted by molar-refractivity contribution is 5.74. The Kier molecular flexibility index (Phi) is 5.63. The third-order valence-electron chi connectivity index (χ3n) is 4.93. The third-order valence-corrected chi connectivity index (χ3v) is 4.93. The Morgan fingerprint density at radius 3 is 2.61 bits per heavy atom. The van der Waals surface area contributed by atoms with E-state index in [0.717, 1.165) is 4.57 Å². The zero-order valence-electron chi connectivity index (χ0n) is 17.2. The molecule has 0 radical (unpaired) electrons. The number of para-hydroxylation sites is 1. The van der Waals surface area contributed by atoms with Gasteiger partial charge in [-0.3, -0.25) is 13.9 Å². The maximum absolute atomic E-state index is 12.9. The minimum Gasteiger partial charge on any atom is -0.491 e. The lowest BCUT2D eigenvalue weighted by molar-refractivity contribution is 0.0938. The average molecular weight is 425 g/mol. The Hall–Kier alpha value is -3.79. The topological polar surface area (TPSA) is 116 Å². The molecule has 0 aliphatic rings. The van der Waals surface area contributed by atoms with E-state index < -0.39 is 17.4 Å². The van der Waals surface area contributed by atoms with Crippen LogP contribution in [0.3, 0.4) is 0 Å². The average Bonchev–Trinajstić information content (AvgIpc) is 3.42. The number of rotatable bonds is 8.